The van der Waals surface area contributed by atoms with E-state index in [2.05, 4.69) is 17.8 Å². The number of hydrogen-bond donors (Lipinski definition) is 3. The first kappa shape index (κ1) is 58.4. The van der Waals surface area contributed by atoms with E-state index in [1.165, 1.54) is 72.8 Å². The van der Waals surface area contributed by atoms with Crippen LogP contribution in [0.4, 0.5) is 0 Å². The maximum Gasteiger partial charge on any atom is 0.338 e. The minimum atomic E-state index is -1.85. The van der Waals surface area contributed by atoms with Crippen LogP contribution >= 0.6 is 0 Å². The average molecular weight is 1090 g/mol. The van der Waals surface area contributed by atoms with Gasteiger partial charge in [0.25, 0.3) is 0 Å². The summed E-state index contributed by atoms with van der Waals surface area (Å²) >= 11 is 0. The normalized spacial score (nSPS) is 11.9. The van der Waals surface area contributed by atoms with Crippen LogP contribution in [-0.2, 0) is 53.1 Å². The number of aliphatic hydroxyl groups is 3. The molecule has 408 valence electrons. The van der Waals surface area contributed by atoms with E-state index in [9.17, 15) is 58.5 Å². The predicted octanol–water partition coefficient (Wildman–Crippen LogP) is 4.05. The van der Waals surface area contributed by atoms with Crippen LogP contribution < -0.4 is 17.1 Å². The number of terminal acetylenes is 3. The van der Waals surface area contributed by atoms with Crippen LogP contribution in [0.15, 0.2) is 160 Å². The zero-order valence-electron chi connectivity index (χ0n) is 43.3. The lowest BCUT2D eigenvalue weighted by Crippen LogP contribution is -2.57. The summed E-state index contributed by atoms with van der Waals surface area (Å²) in [5.74, 6) is 2.94. The van der Waals surface area contributed by atoms with Gasteiger partial charge in [-0.2, -0.15) is 0 Å². The van der Waals surface area contributed by atoms with E-state index in [0.29, 0.717) is 47.1 Å². The Bertz CT molecular complexity index is 3460. The second-order valence-corrected chi connectivity index (χ2v) is 18.4. The number of nitrogens with zero attached hydrogens (tertiary/aromatic N) is 3. The van der Waals surface area contributed by atoms with Crippen molar-refractivity contribution in [3.05, 3.63) is 244 Å². The molecular formula is C63H51N3O15. The third-order valence-electron chi connectivity index (χ3n) is 12.5. The molecule has 0 radical (unpaired) electrons. The van der Waals surface area contributed by atoms with Gasteiger partial charge in [0.2, 0.25) is 0 Å². The fourth-order valence-corrected chi connectivity index (χ4v) is 8.56. The number of ketones is 3. The van der Waals surface area contributed by atoms with Crippen LogP contribution in [-0.4, -0.2) is 102 Å². The van der Waals surface area contributed by atoms with Gasteiger partial charge < -0.3 is 29.5 Å². The molecule has 0 saturated heterocycles. The van der Waals surface area contributed by atoms with Gasteiger partial charge in [0.1, 0.15) is 38.1 Å². The van der Waals surface area contributed by atoms with Crippen molar-refractivity contribution in [1.82, 2.24) is 13.7 Å². The van der Waals surface area contributed by atoms with E-state index in [-0.39, 0.29) is 52.6 Å². The topological polar surface area (TPSA) is 257 Å². The van der Waals surface area contributed by atoms with Gasteiger partial charge in [-0.25, -0.2) is 42.5 Å². The van der Waals surface area contributed by atoms with Crippen LogP contribution in [0.25, 0.3) is 0 Å². The molecule has 0 spiro atoms. The average Bonchev–Trinajstić information content (AvgIpc) is 3.56. The van der Waals surface area contributed by atoms with Crippen LogP contribution in [0, 0.1) is 37.0 Å². The Kier molecular flexibility index (Phi) is 19.7. The molecule has 0 aliphatic heterocycles. The summed E-state index contributed by atoms with van der Waals surface area (Å²) in [6.45, 7) is -5.46. The Hall–Kier alpha value is -10.3. The van der Waals surface area contributed by atoms with Gasteiger partial charge in [-0.05, 0) is 71.3 Å². The molecule has 18 nitrogen and oxygen atoms in total. The van der Waals surface area contributed by atoms with Crippen LogP contribution in [0.5, 0.6) is 0 Å². The van der Waals surface area contributed by atoms with Crippen LogP contribution in [0.2, 0.25) is 0 Å². The van der Waals surface area contributed by atoms with E-state index in [1.54, 1.807) is 72.8 Å². The summed E-state index contributed by atoms with van der Waals surface area (Å²) in [5.41, 5.74) is -1.37. The molecule has 7 aromatic rings. The third kappa shape index (κ3) is 15.1. The monoisotopic (exact) mass is 1090 g/mol. The standard InChI is InChI=1S/C63H51N3O15/c1-4-40-16-13-19-43(28-40)31-55(70)49-22-7-10-25-52(49)58(73)79-37-46(67)34-64-61(76)65(35-47(68)38-80-59(74)53-26-11-8-23-50(53)56(71)32-44-20-14-17-41(5-2)29-44)63(78)66(62(64)77)36-48(69)39-81-60(75)54-27-12-9-24-51(54)57(72)33-45-21-15-18-42(6-3)30-45/h1-3,7-30,46-48,67-69H,31-39H2. The number of aromatic nitrogens is 3. The second kappa shape index (κ2) is 27.3. The highest BCUT2D eigenvalue weighted by atomic mass is 16.6. The Morgan fingerprint density at radius 2 is 0.630 bits per heavy atom. The second-order valence-electron chi connectivity index (χ2n) is 18.4. The van der Waals surface area contributed by atoms with Crippen molar-refractivity contribution < 1.29 is 58.3 Å². The number of esters is 3. The SMILES string of the molecule is C#Cc1cccc(CC(=O)c2ccccc2C(=O)OCC(O)Cn2c(=O)n(CC(O)COC(=O)c3ccccc3C(=O)Cc3cccc(C#C)c3)c(=O)n(CC(O)COC(=O)c3ccccc3C(=O)Cc3cccc(C#C)c3)c2=O)c1. The molecule has 1 aromatic heterocycles. The molecule has 0 amide bonds. The Morgan fingerprint density at radius 3 is 0.877 bits per heavy atom. The molecule has 3 atom stereocenters. The van der Waals surface area contributed by atoms with Crippen molar-refractivity contribution in [3.63, 3.8) is 0 Å². The van der Waals surface area contributed by atoms with E-state index >= 15 is 0 Å². The molecule has 81 heavy (non-hydrogen) atoms. The van der Waals surface area contributed by atoms with Crippen molar-refractivity contribution in [2.45, 2.75) is 57.2 Å². The van der Waals surface area contributed by atoms with Gasteiger partial charge >= 0.3 is 35.0 Å². The van der Waals surface area contributed by atoms with Gasteiger partial charge in [0.05, 0.1) is 36.3 Å². The fraction of sp³-hybridized carbons (Fsp3) is 0.190. The Morgan fingerprint density at radius 1 is 0.383 bits per heavy atom. The summed E-state index contributed by atoms with van der Waals surface area (Å²) in [4.78, 5) is 123. The summed E-state index contributed by atoms with van der Waals surface area (Å²) in [6.07, 6.45) is 10.6. The van der Waals surface area contributed by atoms with Gasteiger partial charge in [-0.15, -0.1) is 19.3 Å². The number of aliphatic hydroxyl groups excluding tert-OH is 3. The number of benzene rings is 6. The minimum Gasteiger partial charge on any atom is -0.459 e. The molecule has 0 aliphatic carbocycles. The number of carbonyl (C=O) groups is 6. The lowest BCUT2D eigenvalue weighted by atomic mass is 9.97. The summed E-state index contributed by atoms with van der Waals surface area (Å²) in [6, 6.07) is 37.3. The van der Waals surface area contributed by atoms with Gasteiger partial charge in [-0.3, -0.25) is 14.4 Å². The van der Waals surface area contributed by atoms with Crippen molar-refractivity contribution in [2.75, 3.05) is 19.8 Å². The number of hydrogen-bond acceptors (Lipinski definition) is 15. The maximum atomic E-state index is 14.1. The molecule has 6 aromatic carbocycles. The summed E-state index contributed by atoms with van der Waals surface area (Å²) < 4.78 is 17.1. The zero-order chi connectivity index (χ0) is 58.2. The number of ether oxygens (including phenoxy) is 3. The molecule has 3 unspecified atom stereocenters. The van der Waals surface area contributed by atoms with E-state index < -0.39 is 110 Å². The van der Waals surface area contributed by atoms with Crippen molar-refractivity contribution in [2.24, 2.45) is 0 Å². The smallest absolute Gasteiger partial charge is 0.338 e. The lowest BCUT2D eigenvalue weighted by molar-refractivity contribution is 0.0167. The highest BCUT2D eigenvalue weighted by Crippen LogP contribution is 2.19. The Balaban J connectivity index is 1.09. The molecule has 0 bridgehead atoms. The van der Waals surface area contributed by atoms with Gasteiger partial charge in [0.15, 0.2) is 17.3 Å². The highest BCUT2D eigenvalue weighted by molar-refractivity contribution is 6.08. The van der Waals surface area contributed by atoms with Crippen molar-refractivity contribution in [3.8, 4) is 37.0 Å². The largest absolute Gasteiger partial charge is 0.459 e. The molecule has 18 heteroatoms. The highest BCUT2D eigenvalue weighted by Gasteiger charge is 2.27. The number of carbonyl (C=O) groups excluding carboxylic acids is 6. The van der Waals surface area contributed by atoms with E-state index in [0.717, 1.165) is 0 Å². The molecular weight excluding hydrogens is 1040 g/mol. The quantitative estimate of drug-likeness (QED) is 0.0334. The zero-order valence-corrected chi connectivity index (χ0v) is 43.3. The van der Waals surface area contributed by atoms with Gasteiger partial charge in [-0.1, -0.05) is 109 Å². The van der Waals surface area contributed by atoms with Crippen LogP contribution in [0.3, 0.4) is 0 Å². The minimum absolute atomic E-state index is 0.0106. The fourth-order valence-electron chi connectivity index (χ4n) is 8.56. The predicted molar refractivity (Wildman–Crippen MR) is 295 cm³/mol. The van der Waals surface area contributed by atoms with Gasteiger partial charge in [0, 0.05) is 52.6 Å². The summed E-state index contributed by atoms with van der Waals surface area (Å²) in [5, 5.41) is 33.6. The summed E-state index contributed by atoms with van der Waals surface area (Å²) in [7, 11) is 0. The first-order chi connectivity index (χ1) is 39.0. The third-order valence-corrected chi connectivity index (χ3v) is 12.5. The van der Waals surface area contributed by atoms with E-state index in [4.69, 9.17) is 33.5 Å². The molecule has 0 aliphatic rings. The van der Waals surface area contributed by atoms with E-state index in [1.807, 2.05) is 0 Å². The number of Topliss-reactive ketones (excluding diaryl/α,β-unsaturated/α-hetero) is 3. The molecule has 0 saturated carbocycles. The Labute approximate surface area is 463 Å². The molecule has 7 rings (SSSR count). The first-order valence-electron chi connectivity index (χ1n) is 25.0. The van der Waals surface area contributed by atoms with Crippen molar-refractivity contribution in [1.29, 1.82) is 0 Å². The number of rotatable bonds is 24. The molecule has 1 heterocycles. The maximum absolute atomic E-state index is 14.1. The lowest BCUT2D eigenvalue weighted by Gasteiger charge is -2.19. The molecule has 0 fully saturated rings. The molecule has 3 N–H and O–H groups in total. The van der Waals surface area contributed by atoms with Crippen LogP contribution in [0.1, 0.15) is 95.5 Å². The van der Waals surface area contributed by atoms with Crippen molar-refractivity contribution >= 4 is 35.3 Å². The first-order valence-corrected chi connectivity index (χ1v) is 25.0.